The minimum Gasteiger partial charge on any atom is -0.490 e. The molecule has 2 atom stereocenters. The summed E-state index contributed by atoms with van der Waals surface area (Å²) in [5, 5.41) is 1.88. The number of thiazole rings is 1. The van der Waals surface area contributed by atoms with Gasteiger partial charge in [0.1, 0.15) is 11.9 Å². The number of hydrogen-bond acceptors (Lipinski definition) is 6. The Hall–Kier alpha value is -2.13. The number of hydrogen-bond donors (Lipinski definition) is 0. The average molecular weight is 492 g/mol. The predicted octanol–water partition coefficient (Wildman–Crippen LogP) is 5.09. The van der Waals surface area contributed by atoms with Crippen molar-refractivity contribution in [1.29, 1.82) is 0 Å². The van der Waals surface area contributed by atoms with Crippen molar-refractivity contribution in [3.8, 4) is 5.75 Å². The van der Waals surface area contributed by atoms with E-state index >= 15 is 0 Å². The molecule has 0 spiro atoms. The molecule has 1 aliphatic heterocycles. The van der Waals surface area contributed by atoms with E-state index in [0.29, 0.717) is 15.5 Å². The largest absolute Gasteiger partial charge is 0.490 e. The molecule has 2 unspecified atom stereocenters. The third-order valence-corrected chi connectivity index (χ3v) is 8.73. The first-order valence-electron chi connectivity index (χ1n) is 10.5. The first kappa shape index (κ1) is 23.0. The third-order valence-electron chi connectivity index (χ3n) is 5.59. The van der Waals surface area contributed by atoms with Crippen molar-refractivity contribution in [2.45, 2.75) is 37.8 Å². The molecule has 1 saturated heterocycles. The van der Waals surface area contributed by atoms with Crippen LogP contribution < -0.4 is 8.56 Å². The van der Waals surface area contributed by atoms with Crippen molar-refractivity contribution in [3.63, 3.8) is 0 Å². The standard InChI is InChI=1S/C23H26ClN3O3S2/c1-17-4-3-5-19(14-17)16-26-12-10-22(18(2)15-26)30-20-6-8-21(9-7-20)32(28,29)27(24)23-25-11-13-31-23/h3-9,11,13-14,18,22H,10,12,15-16H2,1-2H3. The SMILES string of the molecule is Cc1cccc(CN2CCC(Oc3ccc(S(=O)(=O)N(Cl)c4nccs4)cc3)C(C)C2)c1. The van der Waals surface area contributed by atoms with Gasteiger partial charge in [0.2, 0.25) is 5.13 Å². The number of likely N-dealkylation sites (tertiary alicyclic amines) is 1. The van der Waals surface area contributed by atoms with E-state index in [1.807, 2.05) is 0 Å². The van der Waals surface area contributed by atoms with Crippen LogP contribution in [-0.4, -0.2) is 37.5 Å². The van der Waals surface area contributed by atoms with Crippen LogP contribution in [0.15, 0.2) is 65.0 Å². The lowest BCUT2D eigenvalue weighted by molar-refractivity contribution is 0.0490. The Morgan fingerprint density at radius 2 is 2.03 bits per heavy atom. The van der Waals surface area contributed by atoms with Gasteiger partial charge in [0.15, 0.2) is 0 Å². The summed E-state index contributed by atoms with van der Waals surface area (Å²) in [6.45, 7) is 7.18. The lowest BCUT2D eigenvalue weighted by Crippen LogP contribution is -2.43. The molecule has 3 aromatic rings. The van der Waals surface area contributed by atoms with Gasteiger partial charge in [-0.15, -0.1) is 15.2 Å². The zero-order valence-electron chi connectivity index (χ0n) is 18.0. The van der Waals surface area contributed by atoms with Gasteiger partial charge in [-0.3, -0.25) is 4.90 Å². The van der Waals surface area contributed by atoms with E-state index in [9.17, 15) is 8.42 Å². The van der Waals surface area contributed by atoms with E-state index in [4.69, 9.17) is 16.5 Å². The maximum absolute atomic E-state index is 12.7. The van der Waals surface area contributed by atoms with Gasteiger partial charge in [-0.05, 0) is 43.2 Å². The summed E-state index contributed by atoms with van der Waals surface area (Å²) in [7, 11) is -3.88. The number of piperidine rings is 1. The summed E-state index contributed by atoms with van der Waals surface area (Å²) in [5.74, 6) is 1.02. The van der Waals surface area contributed by atoms with Crippen LogP contribution in [0.1, 0.15) is 24.5 Å². The van der Waals surface area contributed by atoms with Crippen LogP contribution in [0.4, 0.5) is 5.13 Å². The van der Waals surface area contributed by atoms with Gasteiger partial charge in [0.05, 0.1) is 4.90 Å². The normalized spacial score (nSPS) is 19.6. The van der Waals surface area contributed by atoms with Crippen molar-refractivity contribution in [2.75, 3.05) is 16.9 Å². The molecular weight excluding hydrogens is 466 g/mol. The second-order valence-corrected chi connectivity index (χ2v) is 11.4. The lowest BCUT2D eigenvalue weighted by atomic mass is 9.96. The van der Waals surface area contributed by atoms with E-state index in [0.717, 1.165) is 37.4 Å². The molecule has 1 aliphatic rings. The summed E-state index contributed by atoms with van der Waals surface area (Å²) in [5.41, 5.74) is 2.61. The van der Waals surface area contributed by atoms with Gasteiger partial charge < -0.3 is 4.74 Å². The molecule has 0 bridgehead atoms. The monoisotopic (exact) mass is 491 g/mol. The van der Waals surface area contributed by atoms with E-state index in [1.165, 1.54) is 29.5 Å². The van der Waals surface area contributed by atoms with Crippen molar-refractivity contribution >= 4 is 38.3 Å². The van der Waals surface area contributed by atoms with Crippen LogP contribution in [0.3, 0.4) is 0 Å². The van der Waals surface area contributed by atoms with Crippen LogP contribution in [-0.2, 0) is 16.6 Å². The number of halogens is 1. The van der Waals surface area contributed by atoms with Gasteiger partial charge >= 0.3 is 0 Å². The zero-order valence-corrected chi connectivity index (χ0v) is 20.4. The maximum atomic E-state index is 12.7. The van der Waals surface area contributed by atoms with Crippen LogP contribution >= 0.6 is 23.1 Å². The number of anilines is 1. The highest BCUT2D eigenvalue weighted by molar-refractivity contribution is 7.94. The third kappa shape index (κ3) is 5.26. The molecular formula is C23H26ClN3O3S2. The van der Waals surface area contributed by atoms with Crippen molar-refractivity contribution in [1.82, 2.24) is 9.88 Å². The van der Waals surface area contributed by atoms with Crippen LogP contribution in [0.5, 0.6) is 5.75 Å². The Bertz CT molecular complexity index is 1140. The molecule has 170 valence electrons. The Morgan fingerprint density at radius 3 is 2.69 bits per heavy atom. The fraction of sp³-hybridized carbons (Fsp3) is 0.348. The molecule has 32 heavy (non-hydrogen) atoms. The van der Waals surface area contributed by atoms with Crippen molar-refractivity contribution < 1.29 is 13.2 Å². The number of benzene rings is 2. The highest BCUT2D eigenvalue weighted by Gasteiger charge is 2.29. The summed E-state index contributed by atoms with van der Waals surface area (Å²) >= 11 is 7.18. The van der Waals surface area contributed by atoms with Gasteiger partial charge in [-0.25, -0.2) is 4.98 Å². The second-order valence-electron chi connectivity index (χ2n) is 8.15. The smallest absolute Gasteiger partial charge is 0.280 e. The van der Waals surface area contributed by atoms with Crippen LogP contribution in [0, 0.1) is 12.8 Å². The number of aryl methyl sites for hydroxylation is 1. The Labute approximate surface area is 198 Å². The van der Waals surface area contributed by atoms with Crippen LogP contribution in [0.2, 0.25) is 0 Å². The first-order chi connectivity index (χ1) is 15.3. The molecule has 0 aliphatic carbocycles. The Balaban J connectivity index is 1.36. The van der Waals surface area contributed by atoms with E-state index in [2.05, 4.69) is 48.0 Å². The van der Waals surface area contributed by atoms with Crippen molar-refractivity contribution in [3.05, 3.63) is 71.2 Å². The maximum Gasteiger partial charge on any atom is 0.280 e. The molecule has 2 aromatic carbocycles. The van der Waals surface area contributed by atoms with E-state index < -0.39 is 10.0 Å². The second kappa shape index (κ2) is 9.79. The summed E-state index contributed by atoms with van der Waals surface area (Å²) in [4.78, 5) is 6.51. The summed E-state index contributed by atoms with van der Waals surface area (Å²) in [6.07, 6.45) is 2.52. The quantitative estimate of drug-likeness (QED) is 0.431. The fourth-order valence-corrected chi connectivity index (χ4v) is 6.15. The van der Waals surface area contributed by atoms with Gasteiger partial charge in [-0.1, -0.05) is 36.8 Å². The lowest BCUT2D eigenvalue weighted by Gasteiger charge is -2.37. The number of sulfonamides is 1. The minimum absolute atomic E-state index is 0.0889. The van der Waals surface area contributed by atoms with Crippen LogP contribution in [0.25, 0.3) is 0 Å². The summed E-state index contributed by atoms with van der Waals surface area (Å²) < 4.78 is 32.3. The highest BCUT2D eigenvalue weighted by Crippen LogP contribution is 2.29. The number of aromatic nitrogens is 1. The molecule has 0 amide bonds. The predicted molar refractivity (Wildman–Crippen MR) is 129 cm³/mol. The average Bonchev–Trinajstić information content (AvgIpc) is 3.30. The highest BCUT2D eigenvalue weighted by atomic mass is 35.5. The molecule has 0 saturated carbocycles. The minimum atomic E-state index is -3.88. The topological polar surface area (TPSA) is 62.7 Å². The van der Waals surface area contributed by atoms with Gasteiger partial charge in [-0.2, -0.15) is 8.42 Å². The molecule has 1 fully saturated rings. The van der Waals surface area contributed by atoms with Gasteiger partial charge in [0, 0.05) is 48.9 Å². The molecule has 0 radical (unpaired) electrons. The van der Waals surface area contributed by atoms with E-state index in [1.54, 1.807) is 17.5 Å². The molecule has 9 heteroatoms. The number of rotatable bonds is 7. The van der Waals surface area contributed by atoms with Crippen molar-refractivity contribution in [2.24, 2.45) is 5.92 Å². The number of nitrogens with zero attached hydrogens (tertiary/aromatic N) is 3. The molecule has 6 nitrogen and oxygen atoms in total. The Kier molecular flexibility index (Phi) is 7.05. The Morgan fingerprint density at radius 1 is 1.25 bits per heavy atom. The molecule has 1 aromatic heterocycles. The van der Waals surface area contributed by atoms with E-state index in [-0.39, 0.29) is 16.1 Å². The van der Waals surface area contributed by atoms with Gasteiger partial charge in [0.25, 0.3) is 10.0 Å². The zero-order chi connectivity index (χ0) is 22.7. The molecule has 0 N–H and O–H groups in total. The first-order valence-corrected chi connectivity index (χ1v) is 13.1. The fourth-order valence-electron chi connectivity index (χ4n) is 3.96. The molecule has 2 heterocycles. The number of ether oxygens (including phenoxy) is 1. The summed E-state index contributed by atoms with van der Waals surface area (Å²) in [6, 6.07) is 15.0. The molecule has 4 rings (SSSR count).